The number of nitrogens with one attached hydrogen (secondary N) is 1. The largest absolute Gasteiger partial charge is 0.444 e. The Kier molecular flexibility index (Phi) is 8.05. The van der Waals surface area contributed by atoms with Gasteiger partial charge in [0.2, 0.25) is 15.9 Å². The standard InChI is InChI=1S/C21H31N5O4S/c1-17(2)29-13-14-31(27,28)26-11-9-25(10-12-26)21(22-3)23-15-19-16-30-20(24-19)18-7-5-4-6-8-18/h4-8,16-17H,9-15H2,1-3H3,(H,22,23). The zero-order valence-corrected chi connectivity index (χ0v) is 19.1. The van der Waals surface area contributed by atoms with Crippen molar-refractivity contribution in [2.75, 3.05) is 45.6 Å². The number of ether oxygens (including phenoxy) is 1. The van der Waals surface area contributed by atoms with Crippen molar-refractivity contribution >= 4 is 16.0 Å². The maximum atomic E-state index is 12.5. The number of hydrogen-bond donors (Lipinski definition) is 1. The fourth-order valence-electron chi connectivity index (χ4n) is 3.30. The van der Waals surface area contributed by atoms with Gasteiger partial charge in [-0.15, -0.1) is 0 Å². The van der Waals surface area contributed by atoms with Gasteiger partial charge in [-0.25, -0.2) is 13.4 Å². The predicted octanol–water partition coefficient (Wildman–Crippen LogP) is 1.79. The van der Waals surface area contributed by atoms with Gasteiger partial charge in [0.1, 0.15) is 6.26 Å². The molecule has 0 radical (unpaired) electrons. The molecule has 1 aliphatic heterocycles. The van der Waals surface area contributed by atoms with Crippen LogP contribution in [0.2, 0.25) is 0 Å². The van der Waals surface area contributed by atoms with E-state index in [0.29, 0.717) is 44.6 Å². The molecule has 0 bridgehead atoms. The lowest BCUT2D eigenvalue weighted by atomic mass is 10.2. The molecule has 2 aromatic rings. The number of aliphatic imine (C=N–C) groups is 1. The van der Waals surface area contributed by atoms with Crippen molar-refractivity contribution in [1.82, 2.24) is 19.5 Å². The van der Waals surface area contributed by atoms with Crippen LogP contribution in [0.15, 0.2) is 46.0 Å². The Morgan fingerprint density at radius 2 is 1.94 bits per heavy atom. The lowest BCUT2D eigenvalue weighted by Gasteiger charge is -2.35. The summed E-state index contributed by atoms with van der Waals surface area (Å²) in [6.45, 7) is 6.45. The molecule has 1 N–H and O–H groups in total. The second-order valence-corrected chi connectivity index (χ2v) is 9.62. The van der Waals surface area contributed by atoms with Crippen LogP contribution in [0.1, 0.15) is 19.5 Å². The van der Waals surface area contributed by atoms with Gasteiger partial charge >= 0.3 is 0 Å². The van der Waals surface area contributed by atoms with Crippen LogP contribution in [0.25, 0.3) is 11.5 Å². The summed E-state index contributed by atoms with van der Waals surface area (Å²) in [6.07, 6.45) is 1.65. The molecular formula is C21H31N5O4S. The molecule has 170 valence electrons. The number of piperazine rings is 1. The molecule has 2 heterocycles. The van der Waals surface area contributed by atoms with Gasteiger partial charge in [0, 0.05) is 38.8 Å². The van der Waals surface area contributed by atoms with Gasteiger partial charge < -0.3 is 19.4 Å². The summed E-state index contributed by atoms with van der Waals surface area (Å²) >= 11 is 0. The van der Waals surface area contributed by atoms with E-state index in [1.165, 1.54) is 4.31 Å². The molecule has 1 aromatic carbocycles. The van der Waals surface area contributed by atoms with Gasteiger partial charge in [0.15, 0.2) is 5.96 Å². The second kappa shape index (κ2) is 10.7. The Morgan fingerprint density at radius 1 is 1.23 bits per heavy atom. The highest BCUT2D eigenvalue weighted by molar-refractivity contribution is 7.89. The van der Waals surface area contributed by atoms with E-state index in [1.807, 2.05) is 44.2 Å². The van der Waals surface area contributed by atoms with E-state index in [2.05, 4.69) is 20.2 Å². The maximum absolute atomic E-state index is 12.5. The normalized spacial score (nSPS) is 16.1. The molecule has 0 amide bonds. The minimum Gasteiger partial charge on any atom is -0.444 e. The first kappa shape index (κ1) is 23.2. The highest BCUT2D eigenvalue weighted by Crippen LogP contribution is 2.18. The number of hydrogen-bond acceptors (Lipinski definition) is 6. The first-order valence-corrected chi connectivity index (χ1v) is 12.0. The van der Waals surface area contributed by atoms with Crippen molar-refractivity contribution in [2.45, 2.75) is 26.5 Å². The van der Waals surface area contributed by atoms with E-state index in [0.717, 1.165) is 11.3 Å². The minimum absolute atomic E-state index is 0.00800. The molecule has 0 unspecified atom stereocenters. The van der Waals surface area contributed by atoms with E-state index < -0.39 is 10.0 Å². The molecule has 1 aromatic heterocycles. The maximum Gasteiger partial charge on any atom is 0.226 e. The third kappa shape index (κ3) is 6.52. The fraction of sp³-hybridized carbons (Fsp3) is 0.524. The average molecular weight is 450 g/mol. The Hall–Kier alpha value is -2.43. The third-order valence-corrected chi connectivity index (χ3v) is 6.77. The SMILES string of the molecule is CN=C(NCc1coc(-c2ccccc2)n1)N1CCN(S(=O)(=O)CCOC(C)C)CC1. The topological polar surface area (TPSA) is 100 Å². The summed E-state index contributed by atoms with van der Waals surface area (Å²) in [7, 11) is -1.60. The first-order chi connectivity index (χ1) is 14.9. The number of aromatic nitrogens is 1. The summed E-state index contributed by atoms with van der Waals surface area (Å²) in [5.74, 6) is 1.30. The van der Waals surface area contributed by atoms with Crippen molar-refractivity contribution in [3.8, 4) is 11.5 Å². The number of benzene rings is 1. The molecular weight excluding hydrogens is 418 g/mol. The zero-order chi connectivity index (χ0) is 22.3. The molecule has 1 aliphatic rings. The monoisotopic (exact) mass is 449 g/mol. The molecule has 3 rings (SSSR count). The number of oxazole rings is 1. The quantitative estimate of drug-likeness (QED) is 0.484. The molecule has 0 saturated carbocycles. The van der Waals surface area contributed by atoms with Crippen LogP contribution in [0.3, 0.4) is 0 Å². The van der Waals surface area contributed by atoms with Crippen LogP contribution < -0.4 is 5.32 Å². The number of guanidine groups is 1. The van der Waals surface area contributed by atoms with Crippen LogP contribution in [0, 0.1) is 0 Å². The number of sulfonamides is 1. The number of rotatable bonds is 8. The molecule has 0 spiro atoms. The van der Waals surface area contributed by atoms with Crippen molar-refractivity contribution in [3.05, 3.63) is 42.3 Å². The van der Waals surface area contributed by atoms with Crippen molar-refractivity contribution < 1.29 is 17.6 Å². The van der Waals surface area contributed by atoms with Crippen molar-refractivity contribution in [2.24, 2.45) is 4.99 Å². The summed E-state index contributed by atoms with van der Waals surface area (Å²) in [5.41, 5.74) is 1.70. The Bertz CT molecular complexity index is 951. The highest BCUT2D eigenvalue weighted by atomic mass is 32.2. The van der Waals surface area contributed by atoms with Gasteiger partial charge in [-0.3, -0.25) is 4.99 Å². The van der Waals surface area contributed by atoms with E-state index in [4.69, 9.17) is 9.15 Å². The third-order valence-electron chi connectivity index (χ3n) is 4.94. The van der Waals surface area contributed by atoms with Crippen LogP contribution in [0.4, 0.5) is 0 Å². The van der Waals surface area contributed by atoms with Gasteiger partial charge in [0.05, 0.1) is 30.7 Å². The number of nitrogens with zero attached hydrogens (tertiary/aromatic N) is 4. The lowest BCUT2D eigenvalue weighted by Crippen LogP contribution is -2.54. The van der Waals surface area contributed by atoms with Gasteiger partial charge in [-0.05, 0) is 26.0 Å². The molecule has 0 atom stereocenters. The van der Waals surface area contributed by atoms with E-state index >= 15 is 0 Å². The van der Waals surface area contributed by atoms with E-state index in [9.17, 15) is 8.42 Å². The second-order valence-electron chi connectivity index (χ2n) is 7.53. The van der Waals surface area contributed by atoms with Crippen LogP contribution in [0.5, 0.6) is 0 Å². The van der Waals surface area contributed by atoms with Gasteiger partial charge in [0.25, 0.3) is 0 Å². The lowest BCUT2D eigenvalue weighted by molar-refractivity contribution is 0.0904. The summed E-state index contributed by atoms with van der Waals surface area (Å²) in [5, 5.41) is 3.29. The summed E-state index contributed by atoms with van der Waals surface area (Å²) in [4.78, 5) is 10.9. The Morgan fingerprint density at radius 3 is 2.58 bits per heavy atom. The zero-order valence-electron chi connectivity index (χ0n) is 18.3. The van der Waals surface area contributed by atoms with Crippen molar-refractivity contribution in [3.63, 3.8) is 0 Å². The van der Waals surface area contributed by atoms with Crippen LogP contribution >= 0.6 is 0 Å². The average Bonchev–Trinajstić information content (AvgIpc) is 3.24. The first-order valence-electron chi connectivity index (χ1n) is 10.4. The molecule has 1 fully saturated rings. The molecule has 1 saturated heterocycles. The van der Waals surface area contributed by atoms with E-state index in [1.54, 1.807) is 13.3 Å². The predicted molar refractivity (Wildman–Crippen MR) is 120 cm³/mol. The fourth-order valence-corrected chi connectivity index (χ4v) is 4.58. The summed E-state index contributed by atoms with van der Waals surface area (Å²) in [6, 6.07) is 9.73. The van der Waals surface area contributed by atoms with Crippen LogP contribution in [-0.4, -0.2) is 80.3 Å². The Labute approximate surface area is 184 Å². The molecule has 9 nitrogen and oxygen atoms in total. The minimum atomic E-state index is -3.31. The Balaban J connectivity index is 1.49. The van der Waals surface area contributed by atoms with Gasteiger partial charge in [-0.2, -0.15) is 4.31 Å². The van der Waals surface area contributed by atoms with E-state index in [-0.39, 0.29) is 18.5 Å². The molecule has 31 heavy (non-hydrogen) atoms. The molecule has 10 heteroatoms. The smallest absolute Gasteiger partial charge is 0.226 e. The highest BCUT2D eigenvalue weighted by Gasteiger charge is 2.28. The van der Waals surface area contributed by atoms with Crippen molar-refractivity contribution in [1.29, 1.82) is 0 Å². The molecule has 0 aliphatic carbocycles. The van der Waals surface area contributed by atoms with Crippen LogP contribution in [-0.2, 0) is 21.3 Å². The summed E-state index contributed by atoms with van der Waals surface area (Å²) < 4.78 is 37.5. The van der Waals surface area contributed by atoms with Gasteiger partial charge in [-0.1, -0.05) is 18.2 Å².